The predicted octanol–water partition coefficient (Wildman–Crippen LogP) is 3.01. The van der Waals surface area contributed by atoms with Gasteiger partial charge in [0.1, 0.15) is 0 Å². The van der Waals surface area contributed by atoms with Crippen molar-refractivity contribution >= 4 is 11.8 Å². The quantitative estimate of drug-likeness (QED) is 0.661. The van der Waals surface area contributed by atoms with Gasteiger partial charge in [-0.2, -0.15) is 0 Å². The third kappa shape index (κ3) is 5.14. The summed E-state index contributed by atoms with van der Waals surface area (Å²) in [5.41, 5.74) is 2.93. The molecule has 3 unspecified atom stereocenters. The summed E-state index contributed by atoms with van der Waals surface area (Å²) < 4.78 is 0. The predicted molar refractivity (Wildman–Crippen MR) is 119 cm³/mol. The van der Waals surface area contributed by atoms with Crippen molar-refractivity contribution in [3.63, 3.8) is 0 Å². The van der Waals surface area contributed by atoms with Gasteiger partial charge in [0.25, 0.3) is 0 Å². The summed E-state index contributed by atoms with van der Waals surface area (Å²) in [5.74, 6) is -0.0227. The van der Waals surface area contributed by atoms with Crippen molar-refractivity contribution in [1.29, 1.82) is 0 Å². The monoisotopic (exact) mass is 421 g/mol. The van der Waals surface area contributed by atoms with E-state index in [1.165, 1.54) is 0 Å². The van der Waals surface area contributed by atoms with E-state index in [0.29, 0.717) is 25.9 Å². The van der Waals surface area contributed by atoms with Crippen LogP contribution in [0.1, 0.15) is 67.0 Å². The van der Waals surface area contributed by atoms with Crippen molar-refractivity contribution < 1.29 is 14.7 Å². The van der Waals surface area contributed by atoms with Crippen molar-refractivity contribution in [2.75, 3.05) is 19.6 Å². The maximum Gasteiger partial charge on any atom is 0.226 e. The number of carbonyl (C=O) groups excluding carboxylic acids is 2. The molecule has 2 aliphatic heterocycles. The van der Waals surface area contributed by atoms with Crippen molar-refractivity contribution in [3.05, 3.63) is 71.3 Å². The minimum absolute atomic E-state index is 0.000387. The highest BCUT2D eigenvalue weighted by molar-refractivity contribution is 5.79. The molecule has 0 spiro atoms. The number of aliphatic hydroxyl groups excluding tert-OH is 1. The average molecular weight is 422 g/mol. The molecule has 0 bridgehead atoms. The van der Waals surface area contributed by atoms with Gasteiger partial charge in [0, 0.05) is 25.6 Å². The highest BCUT2D eigenvalue weighted by Crippen LogP contribution is 2.36. The van der Waals surface area contributed by atoms with Crippen molar-refractivity contribution in [3.8, 4) is 0 Å². The lowest BCUT2D eigenvalue weighted by atomic mass is 9.95. The van der Waals surface area contributed by atoms with Crippen LogP contribution < -0.4 is 10.6 Å². The van der Waals surface area contributed by atoms with Gasteiger partial charge >= 0.3 is 0 Å². The van der Waals surface area contributed by atoms with E-state index >= 15 is 0 Å². The Morgan fingerprint density at radius 3 is 2.42 bits per heavy atom. The standard InChI is InChI=1S/C25H31N3O3/c29-23-17-25(31)28-15-7-6-13-26-21(18-8-2-1-3-9-18)16-24(30)27-14-12-22(28)19-10-4-5-11-20(19)23/h1-5,8-11,21-23,26,29H,6-7,12-17H2,(H,27,30). The summed E-state index contributed by atoms with van der Waals surface area (Å²) in [6.07, 6.45) is 2.12. The topological polar surface area (TPSA) is 81.7 Å². The maximum absolute atomic E-state index is 13.0. The molecule has 4 rings (SSSR count). The molecule has 2 aromatic rings. The van der Waals surface area contributed by atoms with Crippen LogP contribution in [-0.4, -0.2) is 41.5 Å². The Bertz CT molecular complexity index is 902. The molecule has 31 heavy (non-hydrogen) atoms. The Morgan fingerprint density at radius 2 is 1.61 bits per heavy atom. The second-order valence-electron chi connectivity index (χ2n) is 8.42. The van der Waals surface area contributed by atoms with Gasteiger partial charge in [-0.05, 0) is 42.5 Å². The molecule has 2 aliphatic rings. The van der Waals surface area contributed by atoms with Crippen LogP contribution in [0.15, 0.2) is 54.6 Å². The second kappa shape index (κ2) is 10.1. The summed E-state index contributed by atoms with van der Waals surface area (Å²) in [6, 6.07) is 17.7. The first kappa shape index (κ1) is 21.5. The lowest BCUT2D eigenvalue weighted by Gasteiger charge is -2.31. The third-order valence-electron chi connectivity index (χ3n) is 6.33. The number of fused-ring (bicyclic) bond motifs is 3. The van der Waals surface area contributed by atoms with Crippen molar-refractivity contribution in [2.45, 2.75) is 50.3 Å². The average Bonchev–Trinajstić information content (AvgIpc) is 2.87. The number of hydrogen-bond donors (Lipinski definition) is 3. The van der Waals surface area contributed by atoms with E-state index in [-0.39, 0.29) is 30.3 Å². The van der Waals surface area contributed by atoms with E-state index in [0.717, 1.165) is 36.1 Å². The van der Waals surface area contributed by atoms with Gasteiger partial charge in [0.15, 0.2) is 0 Å². The van der Waals surface area contributed by atoms with Crippen LogP contribution in [0.5, 0.6) is 0 Å². The molecule has 3 atom stereocenters. The zero-order valence-electron chi connectivity index (χ0n) is 17.8. The van der Waals surface area contributed by atoms with Gasteiger partial charge in [-0.25, -0.2) is 0 Å². The van der Waals surface area contributed by atoms with Crippen LogP contribution >= 0.6 is 0 Å². The molecule has 6 nitrogen and oxygen atoms in total. The molecule has 2 amide bonds. The minimum Gasteiger partial charge on any atom is -0.388 e. The molecule has 0 radical (unpaired) electrons. The minimum atomic E-state index is -0.780. The van der Waals surface area contributed by atoms with Gasteiger partial charge < -0.3 is 20.6 Å². The van der Waals surface area contributed by atoms with Gasteiger partial charge in [-0.3, -0.25) is 9.59 Å². The Hall–Kier alpha value is -2.70. The second-order valence-corrected chi connectivity index (χ2v) is 8.42. The first-order valence-electron chi connectivity index (χ1n) is 11.2. The highest BCUT2D eigenvalue weighted by Gasteiger charge is 2.33. The smallest absolute Gasteiger partial charge is 0.226 e. The molecule has 164 valence electrons. The lowest BCUT2D eigenvalue weighted by Crippen LogP contribution is -2.37. The molecule has 0 aliphatic carbocycles. The van der Waals surface area contributed by atoms with E-state index in [9.17, 15) is 14.7 Å². The fourth-order valence-electron chi connectivity index (χ4n) is 4.73. The number of benzene rings is 2. The molecule has 0 saturated carbocycles. The van der Waals surface area contributed by atoms with Gasteiger partial charge in [-0.1, -0.05) is 54.6 Å². The van der Waals surface area contributed by atoms with E-state index < -0.39 is 6.10 Å². The molecular weight excluding hydrogens is 390 g/mol. The fourth-order valence-corrected chi connectivity index (χ4v) is 4.73. The zero-order chi connectivity index (χ0) is 21.6. The van der Waals surface area contributed by atoms with E-state index in [1.54, 1.807) is 0 Å². The molecule has 1 fully saturated rings. The van der Waals surface area contributed by atoms with Gasteiger partial charge in [-0.15, -0.1) is 0 Å². The molecule has 6 heteroatoms. The Kier molecular flexibility index (Phi) is 6.99. The lowest BCUT2D eigenvalue weighted by molar-refractivity contribution is -0.135. The summed E-state index contributed by atoms with van der Waals surface area (Å²) >= 11 is 0. The number of nitrogens with one attached hydrogen (secondary N) is 2. The molecular formula is C25H31N3O3. The van der Waals surface area contributed by atoms with Crippen LogP contribution in [0.25, 0.3) is 0 Å². The first-order valence-corrected chi connectivity index (χ1v) is 11.2. The Labute approximate surface area is 183 Å². The highest BCUT2D eigenvalue weighted by atomic mass is 16.3. The normalized spacial score (nSPS) is 25.7. The van der Waals surface area contributed by atoms with Crippen LogP contribution in [-0.2, 0) is 9.59 Å². The Balaban J connectivity index is 1.55. The Morgan fingerprint density at radius 1 is 0.871 bits per heavy atom. The van der Waals surface area contributed by atoms with Crippen LogP contribution in [0.4, 0.5) is 0 Å². The van der Waals surface area contributed by atoms with E-state index in [4.69, 9.17) is 0 Å². The summed E-state index contributed by atoms with van der Waals surface area (Å²) in [4.78, 5) is 27.6. The molecule has 2 aromatic carbocycles. The summed E-state index contributed by atoms with van der Waals surface area (Å²) in [6.45, 7) is 1.91. The number of aliphatic hydroxyl groups is 1. The molecule has 2 heterocycles. The van der Waals surface area contributed by atoms with Crippen LogP contribution in [0, 0.1) is 0 Å². The number of carbonyl (C=O) groups is 2. The largest absolute Gasteiger partial charge is 0.388 e. The SMILES string of the molecule is O=C1CC(c2ccccc2)NCCCCN2C(=O)CC(O)c3ccccc3C2CCN1. The van der Waals surface area contributed by atoms with Crippen molar-refractivity contribution in [2.24, 2.45) is 0 Å². The van der Waals surface area contributed by atoms with Crippen molar-refractivity contribution in [1.82, 2.24) is 15.5 Å². The molecule has 0 aromatic heterocycles. The van der Waals surface area contributed by atoms with Crippen LogP contribution in [0.3, 0.4) is 0 Å². The first-order chi connectivity index (χ1) is 15.1. The van der Waals surface area contributed by atoms with Gasteiger partial charge in [0.2, 0.25) is 11.8 Å². The maximum atomic E-state index is 13.0. The zero-order valence-corrected chi connectivity index (χ0v) is 17.8. The van der Waals surface area contributed by atoms with E-state index in [2.05, 4.69) is 10.6 Å². The molecule has 1 saturated heterocycles. The third-order valence-corrected chi connectivity index (χ3v) is 6.33. The number of hydrogen-bond acceptors (Lipinski definition) is 4. The summed E-state index contributed by atoms with van der Waals surface area (Å²) in [5, 5.41) is 17.2. The fraction of sp³-hybridized carbons (Fsp3) is 0.440. The molecule has 3 N–H and O–H groups in total. The number of amides is 2. The summed E-state index contributed by atoms with van der Waals surface area (Å²) in [7, 11) is 0. The van der Waals surface area contributed by atoms with Gasteiger partial charge in [0.05, 0.1) is 18.6 Å². The van der Waals surface area contributed by atoms with E-state index in [1.807, 2.05) is 59.5 Å². The number of rotatable bonds is 1. The van der Waals surface area contributed by atoms with Crippen LogP contribution in [0.2, 0.25) is 0 Å². The number of nitrogens with zero attached hydrogens (tertiary/aromatic N) is 1.